The summed E-state index contributed by atoms with van der Waals surface area (Å²) in [5.74, 6) is 0. The molecule has 1 unspecified atom stereocenters. The number of hydrogen-bond acceptors (Lipinski definition) is 3. The van der Waals surface area contributed by atoms with E-state index >= 15 is 0 Å². The van der Waals surface area contributed by atoms with E-state index in [1.807, 2.05) is 48.3 Å². The van der Waals surface area contributed by atoms with Gasteiger partial charge in [0.2, 0.25) is 0 Å². The molecule has 0 amide bonds. The van der Waals surface area contributed by atoms with Crippen LogP contribution in [0.3, 0.4) is 0 Å². The molecule has 0 saturated carbocycles. The highest BCUT2D eigenvalue weighted by Gasteiger charge is 2.12. The van der Waals surface area contributed by atoms with Crippen LogP contribution in [-0.4, -0.2) is 21.1 Å². The number of aryl methyl sites for hydroxylation is 1. The quantitative estimate of drug-likeness (QED) is 0.845. The lowest BCUT2D eigenvalue weighted by molar-refractivity contribution is 0.220. The van der Waals surface area contributed by atoms with E-state index < -0.39 is 6.10 Å². The first-order chi connectivity index (χ1) is 8.24. The number of benzene rings is 1. The molecule has 1 atom stereocenters. The van der Waals surface area contributed by atoms with Gasteiger partial charge in [0.25, 0.3) is 0 Å². The van der Waals surface area contributed by atoms with Gasteiger partial charge in [0.05, 0.1) is 6.20 Å². The van der Waals surface area contributed by atoms with Crippen molar-refractivity contribution in [3.8, 4) is 0 Å². The first-order valence-corrected chi connectivity index (χ1v) is 6.81. The van der Waals surface area contributed by atoms with Gasteiger partial charge in [0.1, 0.15) is 6.10 Å². The van der Waals surface area contributed by atoms with E-state index in [2.05, 4.69) is 5.10 Å². The Bertz CT molecular complexity index is 478. The predicted molar refractivity (Wildman–Crippen MR) is 70.2 cm³/mol. The topological polar surface area (TPSA) is 38.0 Å². The van der Waals surface area contributed by atoms with Crippen molar-refractivity contribution in [1.29, 1.82) is 0 Å². The zero-order chi connectivity index (χ0) is 12.3. The summed E-state index contributed by atoms with van der Waals surface area (Å²) in [5.41, 5.74) is 1.74. The SMILES string of the molecule is CCn1cc(C(O)c2ccc(SC)cc2)cn1. The van der Waals surface area contributed by atoms with Gasteiger partial charge in [-0.15, -0.1) is 11.8 Å². The summed E-state index contributed by atoms with van der Waals surface area (Å²) in [6.45, 7) is 2.84. The Morgan fingerprint density at radius 3 is 2.53 bits per heavy atom. The summed E-state index contributed by atoms with van der Waals surface area (Å²) in [6.07, 6.45) is 5.05. The molecule has 1 aromatic carbocycles. The third-order valence-electron chi connectivity index (χ3n) is 2.72. The molecule has 17 heavy (non-hydrogen) atoms. The normalized spacial score (nSPS) is 12.6. The summed E-state index contributed by atoms with van der Waals surface area (Å²) in [5, 5.41) is 14.4. The van der Waals surface area contributed by atoms with Crippen LogP contribution in [0.4, 0.5) is 0 Å². The van der Waals surface area contributed by atoms with Crippen LogP contribution in [-0.2, 0) is 6.54 Å². The van der Waals surface area contributed by atoms with Crippen LogP contribution in [0.25, 0.3) is 0 Å². The van der Waals surface area contributed by atoms with Gasteiger partial charge in [-0.2, -0.15) is 5.10 Å². The Kier molecular flexibility index (Phi) is 3.86. The van der Waals surface area contributed by atoms with Crippen LogP contribution in [0.2, 0.25) is 0 Å². The average molecular weight is 248 g/mol. The monoisotopic (exact) mass is 248 g/mol. The number of hydrogen-bond donors (Lipinski definition) is 1. The molecule has 1 N–H and O–H groups in total. The van der Waals surface area contributed by atoms with Gasteiger partial charge in [-0.1, -0.05) is 12.1 Å². The summed E-state index contributed by atoms with van der Waals surface area (Å²) < 4.78 is 1.81. The smallest absolute Gasteiger partial charge is 0.107 e. The van der Waals surface area contributed by atoms with Crippen molar-refractivity contribution in [3.05, 3.63) is 47.8 Å². The summed E-state index contributed by atoms with van der Waals surface area (Å²) in [7, 11) is 0. The van der Waals surface area contributed by atoms with Crippen molar-refractivity contribution >= 4 is 11.8 Å². The number of aliphatic hydroxyl groups excluding tert-OH is 1. The van der Waals surface area contributed by atoms with E-state index in [4.69, 9.17) is 0 Å². The van der Waals surface area contributed by atoms with Gasteiger partial charge in [0, 0.05) is 23.2 Å². The van der Waals surface area contributed by atoms with Crippen LogP contribution in [0.5, 0.6) is 0 Å². The van der Waals surface area contributed by atoms with Crippen LogP contribution < -0.4 is 0 Å². The molecule has 0 saturated heterocycles. The minimum absolute atomic E-state index is 0.591. The highest BCUT2D eigenvalue weighted by Crippen LogP contribution is 2.23. The Balaban J connectivity index is 2.20. The van der Waals surface area contributed by atoms with Crippen LogP contribution in [0.1, 0.15) is 24.2 Å². The van der Waals surface area contributed by atoms with Gasteiger partial charge >= 0.3 is 0 Å². The molecule has 90 valence electrons. The van der Waals surface area contributed by atoms with E-state index in [0.717, 1.165) is 17.7 Å². The molecule has 0 radical (unpaired) electrons. The molecular formula is C13H16N2OS. The second-order valence-electron chi connectivity index (χ2n) is 3.81. The van der Waals surface area contributed by atoms with E-state index in [1.165, 1.54) is 4.90 Å². The lowest BCUT2D eigenvalue weighted by atomic mass is 10.1. The maximum Gasteiger partial charge on any atom is 0.107 e. The predicted octanol–water partition coefficient (Wildman–Crippen LogP) is 2.71. The van der Waals surface area contributed by atoms with Gasteiger partial charge in [-0.3, -0.25) is 4.68 Å². The summed E-state index contributed by atoms with van der Waals surface area (Å²) in [4.78, 5) is 1.20. The molecule has 1 heterocycles. The van der Waals surface area contributed by atoms with Crippen LogP contribution in [0.15, 0.2) is 41.6 Å². The number of aliphatic hydroxyl groups is 1. The molecule has 2 aromatic rings. The second kappa shape index (κ2) is 5.38. The molecule has 1 aromatic heterocycles. The molecule has 0 bridgehead atoms. The standard InChI is InChI=1S/C13H16N2OS/c1-3-15-9-11(8-14-15)13(16)10-4-6-12(17-2)7-5-10/h4-9,13,16H,3H2,1-2H3. The molecule has 0 fully saturated rings. The van der Waals surface area contributed by atoms with Crippen molar-refractivity contribution in [2.24, 2.45) is 0 Å². The zero-order valence-electron chi connectivity index (χ0n) is 10.00. The summed E-state index contributed by atoms with van der Waals surface area (Å²) in [6, 6.07) is 7.96. The van der Waals surface area contributed by atoms with Gasteiger partial charge < -0.3 is 5.11 Å². The van der Waals surface area contributed by atoms with Crippen molar-refractivity contribution in [3.63, 3.8) is 0 Å². The van der Waals surface area contributed by atoms with Crippen LogP contribution >= 0.6 is 11.8 Å². The van der Waals surface area contributed by atoms with E-state index in [1.54, 1.807) is 18.0 Å². The van der Waals surface area contributed by atoms with Crippen molar-refractivity contribution in [2.45, 2.75) is 24.5 Å². The number of nitrogens with zero attached hydrogens (tertiary/aromatic N) is 2. The maximum atomic E-state index is 10.2. The van der Waals surface area contributed by atoms with Gasteiger partial charge in [0.15, 0.2) is 0 Å². The fourth-order valence-corrected chi connectivity index (χ4v) is 2.08. The third-order valence-corrected chi connectivity index (χ3v) is 3.47. The van der Waals surface area contributed by atoms with Gasteiger partial charge in [-0.05, 0) is 30.9 Å². The summed E-state index contributed by atoms with van der Waals surface area (Å²) >= 11 is 1.69. The third kappa shape index (κ3) is 2.70. The first-order valence-electron chi connectivity index (χ1n) is 5.59. The Morgan fingerprint density at radius 1 is 1.29 bits per heavy atom. The highest BCUT2D eigenvalue weighted by molar-refractivity contribution is 7.98. The molecule has 0 aliphatic heterocycles. The molecule has 4 heteroatoms. The largest absolute Gasteiger partial charge is 0.384 e. The minimum atomic E-state index is -0.591. The van der Waals surface area contributed by atoms with E-state index in [9.17, 15) is 5.11 Å². The molecule has 0 aliphatic rings. The number of aromatic nitrogens is 2. The Morgan fingerprint density at radius 2 is 2.00 bits per heavy atom. The fourth-order valence-electron chi connectivity index (χ4n) is 1.67. The first kappa shape index (κ1) is 12.2. The molecular weight excluding hydrogens is 232 g/mol. The molecule has 2 rings (SSSR count). The Hall–Kier alpha value is -1.26. The average Bonchev–Trinajstić information content (AvgIpc) is 2.87. The van der Waals surface area contributed by atoms with Crippen molar-refractivity contribution in [1.82, 2.24) is 9.78 Å². The maximum absolute atomic E-state index is 10.2. The van der Waals surface area contributed by atoms with E-state index in [0.29, 0.717) is 0 Å². The van der Waals surface area contributed by atoms with E-state index in [-0.39, 0.29) is 0 Å². The molecule has 0 spiro atoms. The highest BCUT2D eigenvalue weighted by atomic mass is 32.2. The van der Waals surface area contributed by atoms with Crippen LogP contribution in [0, 0.1) is 0 Å². The van der Waals surface area contributed by atoms with Crippen molar-refractivity contribution in [2.75, 3.05) is 6.26 Å². The number of rotatable bonds is 4. The zero-order valence-corrected chi connectivity index (χ0v) is 10.8. The minimum Gasteiger partial charge on any atom is -0.384 e. The molecule has 3 nitrogen and oxygen atoms in total. The van der Waals surface area contributed by atoms with Gasteiger partial charge in [-0.25, -0.2) is 0 Å². The fraction of sp³-hybridized carbons (Fsp3) is 0.308. The number of thioether (sulfide) groups is 1. The second-order valence-corrected chi connectivity index (χ2v) is 4.68. The lowest BCUT2D eigenvalue weighted by Gasteiger charge is -2.09. The lowest BCUT2D eigenvalue weighted by Crippen LogP contribution is -1.98. The van der Waals surface area contributed by atoms with Crippen molar-refractivity contribution < 1.29 is 5.11 Å². The Labute approximate surface area is 105 Å². The molecule has 0 aliphatic carbocycles.